The third kappa shape index (κ3) is 6.57. The molecule has 0 aliphatic heterocycles. The lowest BCUT2D eigenvalue weighted by atomic mass is 10.3. The molecule has 0 spiro atoms. The van der Waals surface area contributed by atoms with E-state index in [1.165, 1.54) is 6.42 Å². The first-order valence-corrected chi connectivity index (χ1v) is 6.67. The maximum atomic E-state index is 5.62. The van der Waals surface area contributed by atoms with E-state index in [9.17, 15) is 0 Å². The fourth-order valence-corrected chi connectivity index (χ4v) is 1.47. The van der Waals surface area contributed by atoms with Gasteiger partial charge in [0.05, 0.1) is 12.3 Å². The number of nitrogens with one attached hydrogen (secondary N) is 1. The van der Waals surface area contributed by atoms with Gasteiger partial charge in [0.15, 0.2) is 0 Å². The summed E-state index contributed by atoms with van der Waals surface area (Å²) in [4.78, 5) is 4.17. The van der Waals surface area contributed by atoms with Crippen LogP contribution in [0, 0.1) is 6.92 Å². The van der Waals surface area contributed by atoms with Crippen molar-refractivity contribution in [2.24, 2.45) is 0 Å². The lowest BCUT2D eigenvalue weighted by Gasteiger charge is -2.09. The Morgan fingerprint density at radius 3 is 2.83 bits per heavy atom. The average molecular weight is 252 g/mol. The van der Waals surface area contributed by atoms with Crippen molar-refractivity contribution in [2.75, 3.05) is 32.9 Å². The maximum Gasteiger partial charge on any atom is 0.140 e. The molecule has 0 saturated heterocycles. The minimum atomic E-state index is 0.654. The summed E-state index contributed by atoms with van der Waals surface area (Å²) in [5, 5.41) is 3.28. The average Bonchev–Trinajstić information content (AvgIpc) is 2.39. The molecule has 4 heteroatoms. The van der Waals surface area contributed by atoms with Gasteiger partial charge in [0.2, 0.25) is 0 Å². The standard InChI is InChI=1S/C14H24N2O2/c1-3-4-10-17-11-8-15-9-12-18-14-6-5-7-16-13(14)2/h5-7,15H,3-4,8-12H2,1-2H3. The highest BCUT2D eigenvalue weighted by Gasteiger charge is 1.97. The normalized spacial score (nSPS) is 10.6. The van der Waals surface area contributed by atoms with Crippen LogP contribution in [0.5, 0.6) is 5.75 Å². The van der Waals surface area contributed by atoms with Crippen LogP contribution >= 0.6 is 0 Å². The van der Waals surface area contributed by atoms with Gasteiger partial charge >= 0.3 is 0 Å². The van der Waals surface area contributed by atoms with Gasteiger partial charge in [0.1, 0.15) is 12.4 Å². The Bertz CT molecular complexity index is 318. The van der Waals surface area contributed by atoms with E-state index < -0.39 is 0 Å². The molecule has 0 amide bonds. The van der Waals surface area contributed by atoms with Crippen LogP contribution < -0.4 is 10.1 Å². The molecule has 0 saturated carbocycles. The van der Waals surface area contributed by atoms with Crippen molar-refractivity contribution in [1.82, 2.24) is 10.3 Å². The van der Waals surface area contributed by atoms with Crippen LogP contribution in [0.1, 0.15) is 25.5 Å². The SMILES string of the molecule is CCCCOCCNCCOc1cccnc1C. The number of aromatic nitrogens is 1. The highest BCUT2D eigenvalue weighted by atomic mass is 16.5. The van der Waals surface area contributed by atoms with Gasteiger partial charge in [0, 0.05) is 25.9 Å². The summed E-state index contributed by atoms with van der Waals surface area (Å²) < 4.78 is 11.1. The molecule has 0 fully saturated rings. The van der Waals surface area contributed by atoms with E-state index in [-0.39, 0.29) is 0 Å². The topological polar surface area (TPSA) is 43.4 Å². The lowest BCUT2D eigenvalue weighted by Crippen LogP contribution is -2.25. The number of rotatable bonds is 10. The molecule has 1 aromatic heterocycles. The number of unbranched alkanes of at least 4 members (excludes halogenated alkanes) is 1. The first-order chi connectivity index (χ1) is 8.84. The van der Waals surface area contributed by atoms with Crippen molar-refractivity contribution in [3.05, 3.63) is 24.0 Å². The zero-order chi connectivity index (χ0) is 13.1. The summed E-state index contributed by atoms with van der Waals surface area (Å²) >= 11 is 0. The van der Waals surface area contributed by atoms with Crippen LogP contribution in [-0.4, -0.2) is 37.9 Å². The van der Waals surface area contributed by atoms with Crippen molar-refractivity contribution in [3.8, 4) is 5.75 Å². The fourth-order valence-electron chi connectivity index (χ4n) is 1.47. The molecule has 18 heavy (non-hydrogen) atoms. The molecule has 0 aliphatic carbocycles. The van der Waals surface area contributed by atoms with Gasteiger partial charge < -0.3 is 14.8 Å². The van der Waals surface area contributed by atoms with Crippen LogP contribution in [0.15, 0.2) is 18.3 Å². The quantitative estimate of drug-likeness (QED) is 0.648. The predicted octanol–water partition coefficient (Wildman–Crippen LogP) is 2.18. The molecule has 1 heterocycles. The molecule has 1 rings (SSSR count). The molecule has 0 bridgehead atoms. The van der Waals surface area contributed by atoms with Crippen molar-refractivity contribution >= 4 is 0 Å². The first-order valence-electron chi connectivity index (χ1n) is 6.67. The highest BCUT2D eigenvalue weighted by molar-refractivity contribution is 5.25. The molecule has 4 nitrogen and oxygen atoms in total. The second kappa shape index (κ2) is 9.85. The smallest absolute Gasteiger partial charge is 0.140 e. The second-order valence-electron chi connectivity index (χ2n) is 4.15. The lowest BCUT2D eigenvalue weighted by molar-refractivity contribution is 0.132. The van der Waals surface area contributed by atoms with E-state index >= 15 is 0 Å². The van der Waals surface area contributed by atoms with Gasteiger partial charge in [-0.3, -0.25) is 4.98 Å². The van der Waals surface area contributed by atoms with E-state index in [4.69, 9.17) is 9.47 Å². The molecule has 0 aliphatic rings. The third-order valence-electron chi connectivity index (χ3n) is 2.56. The monoisotopic (exact) mass is 252 g/mol. The largest absolute Gasteiger partial charge is 0.490 e. The van der Waals surface area contributed by atoms with Gasteiger partial charge in [0.25, 0.3) is 0 Å². The number of nitrogens with zero attached hydrogens (tertiary/aromatic N) is 1. The van der Waals surface area contributed by atoms with Crippen LogP contribution in [0.4, 0.5) is 0 Å². The molecule has 0 atom stereocenters. The van der Waals surface area contributed by atoms with E-state index in [0.29, 0.717) is 6.61 Å². The number of hydrogen-bond acceptors (Lipinski definition) is 4. The maximum absolute atomic E-state index is 5.62. The summed E-state index contributed by atoms with van der Waals surface area (Å²) in [6.45, 7) is 8.10. The summed E-state index contributed by atoms with van der Waals surface area (Å²) in [5.41, 5.74) is 0.931. The van der Waals surface area contributed by atoms with Crippen molar-refractivity contribution in [3.63, 3.8) is 0 Å². The predicted molar refractivity (Wildman–Crippen MR) is 73.1 cm³/mol. The van der Waals surface area contributed by atoms with Gasteiger partial charge in [-0.25, -0.2) is 0 Å². The zero-order valence-corrected chi connectivity index (χ0v) is 11.4. The first kappa shape index (κ1) is 14.9. The molecule has 0 unspecified atom stereocenters. The van der Waals surface area contributed by atoms with Crippen LogP contribution in [0.25, 0.3) is 0 Å². The Morgan fingerprint density at radius 1 is 1.22 bits per heavy atom. The second-order valence-corrected chi connectivity index (χ2v) is 4.15. The van der Waals surface area contributed by atoms with E-state index in [1.807, 2.05) is 19.1 Å². The Morgan fingerprint density at radius 2 is 2.06 bits per heavy atom. The van der Waals surface area contributed by atoms with E-state index in [1.54, 1.807) is 6.20 Å². The Balaban J connectivity index is 1.94. The minimum absolute atomic E-state index is 0.654. The molecule has 0 radical (unpaired) electrons. The number of pyridine rings is 1. The molecule has 102 valence electrons. The highest BCUT2D eigenvalue weighted by Crippen LogP contribution is 2.12. The van der Waals surface area contributed by atoms with Gasteiger partial charge in [-0.2, -0.15) is 0 Å². The number of aryl methyl sites for hydroxylation is 1. The van der Waals surface area contributed by atoms with Crippen molar-refractivity contribution in [2.45, 2.75) is 26.7 Å². The van der Waals surface area contributed by atoms with Crippen molar-refractivity contribution < 1.29 is 9.47 Å². The van der Waals surface area contributed by atoms with Crippen molar-refractivity contribution in [1.29, 1.82) is 0 Å². The fraction of sp³-hybridized carbons (Fsp3) is 0.643. The van der Waals surface area contributed by atoms with Crippen LogP contribution in [0.3, 0.4) is 0 Å². The molecule has 1 N–H and O–H groups in total. The summed E-state index contributed by atoms with van der Waals surface area (Å²) in [6, 6.07) is 3.83. The molecular formula is C14H24N2O2. The summed E-state index contributed by atoms with van der Waals surface area (Å²) in [5.74, 6) is 0.860. The number of hydrogen-bond donors (Lipinski definition) is 1. The van der Waals surface area contributed by atoms with E-state index in [0.717, 1.165) is 44.2 Å². The Labute approximate surface area is 110 Å². The molecular weight excluding hydrogens is 228 g/mol. The van der Waals surface area contributed by atoms with Gasteiger partial charge in [-0.05, 0) is 25.5 Å². The summed E-state index contributed by atoms with van der Waals surface area (Å²) in [7, 11) is 0. The number of ether oxygens (including phenoxy) is 2. The Hall–Kier alpha value is -1.13. The minimum Gasteiger partial charge on any atom is -0.490 e. The summed E-state index contributed by atoms with van der Waals surface area (Å²) in [6.07, 6.45) is 4.10. The third-order valence-corrected chi connectivity index (χ3v) is 2.56. The van der Waals surface area contributed by atoms with Gasteiger partial charge in [-0.15, -0.1) is 0 Å². The Kier molecular flexibility index (Phi) is 8.17. The van der Waals surface area contributed by atoms with Gasteiger partial charge in [-0.1, -0.05) is 13.3 Å². The zero-order valence-electron chi connectivity index (χ0n) is 11.4. The molecule has 1 aromatic rings. The van der Waals surface area contributed by atoms with E-state index in [2.05, 4.69) is 17.2 Å². The molecule has 0 aromatic carbocycles. The van der Waals surface area contributed by atoms with Crippen LogP contribution in [0.2, 0.25) is 0 Å². The van der Waals surface area contributed by atoms with Crippen LogP contribution in [-0.2, 0) is 4.74 Å².